The highest BCUT2D eigenvalue weighted by molar-refractivity contribution is 4.84. The molecule has 0 radical (unpaired) electrons. The van der Waals surface area contributed by atoms with Gasteiger partial charge in [-0.3, -0.25) is 4.90 Å². The van der Waals surface area contributed by atoms with E-state index in [1.165, 1.54) is 0 Å². The number of hydrogen-bond acceptors (Lipinski definition) is 2. The normalized spacial score (nSPS) is 17.8. The van der Waals surface area contributed by atoms with Crippen molar-refractivity contribution in [2.24, 2.45) is 0 Å². The van der Waals surface area contributed by atoms with E-state index in [1.807, 2.05) is 13.8 Å². The molecule has 1 aliphatic carbocycles. The molecule has 84 valence electrons. The summed E-state index contributed by atoms with van der Waals surface area (Å²) in [5, 5.41) is 2.87. The third kappa shape index (κ3) is 4.33. The van der Waals surface area contributed by atoms with E-state index < -0.39 is 5.92 Å². The van der Waals surface area contributed by atoms with Crippen molar-refractivity contribution in [1.82, 2.24) is 10.2 Å². The van der Waals surface area contributed by atoms with Crippen LogP contribution in [0.4, 0.5) is 8.78 Å². The Labute approximate surface area is 84.7 Å². The average molecular weight is 206 g/mol. The molecule has 1 aliphatic rings. The first-order valence-electron chi connectivity index (χ1n) is 5.41. The minimum absolute atomic E-state index is 0.125. The van der Waals surface area contributed by atoms with Crippen molar-refractivity contribution in [3.05, 3.63) is 0 Å². The van der Waals surface area contributed by atoms with Crippen molar-refractivity contribution >= 4 is 0 Å². The van der Waals surface area contributed by atoms with Crippen LogP contribution in [0.25, 0.3) is 0 Å². The van der Waals surface area contributed by atoms with E-state index in [0.717, 1.165) is 12.8 Å². The number of rotatable bonds is 7. The maximum Gasteiger partial charge on any atom is 0.272 e. The Morgan fingerprint density at radius 1 is 1.29 bits per heavy atom. The third-order valence-corrected chi connectivity index (χ3v) is 2.58. The fourth-order valence-electron chi connectivity index (χ4n) is 1.41. The molecule has 0 unspecified atom stereocenters. The molecule has 0 aromatic heterocycles. The highest BCUT2D eigenvalue weighted by Crippen LogP contribution is 2.21. The predicted octanol–water partition coefficient (Wildman–Crippen LogP) is 1.72. The monoisotopic (exact) mass is 206 g/mol. The highest BCUT2D eigenvalue weighted by atomic mass is 19.3. The molecule has 0 atom stereocenters. The van der Waals surface area contributed by atoms with E-state index in [9.17, 15) is 8.78 Å². The summed E-state index contributed by atoms with van der Waals surface area (Å²) in [6.45, 7) is 4.90. The summed E-state index contributed by atoms with van der Waals surface area (Å²) in [6, 6.07) is 0.359. The van der Waals surface area contributed by atoms with Gasteiger partial charge in [0.25, 0.3) is 5.92 Å². The van der Waals surface area contributed by atoms with Crippen LogP contribution in [-0.4, -0.2) is 43.0 Å². The van der Waals surface area contributed by atoms with E-state index in [2.05, 4.69) is 5.32 Å². The first-order valence-corrected chi connectivity index (χ1v) is 5.41. The van der Waals surface area contributed by atoms with E-state index in [0.29, 0.717) is 19.1 Å². The van der Waals surface area contributed by atoms with Crippen LogP contribution in [0.5, 0.6) is 0 Å². The number of nitrogens with zero attached hydrogens (tertiary/aromatic N) is 1. The van der Waals surface area contributed by atoms with Gasteiger partial charge in [-0.05, 0) is 25.9 Å². The first kappa shape index (κ1) is 11.9. The fraction of sp³-hybridized carbons (Fsp3) is 1.00. The average Bonchev–Trinajstić information content (AvgIpc) is 2.95. The smallest absolute Gasteiger partial charge is 0.272 e. The van der Waals surface area contributed by atoms with Gasteiger partial charge in [0, 0.05) is 6.04 Å². The lowest BCUT2D eigenvalue weighted by atomic mass is 10.3. The van der Waals surface area contributed by atoms with Gasteiger partial charge in [-0.2, -0.15) is 0 Å². The van der Waals surface area contributed by atoms with E-state index in [1.54, 1.807) is 4.90 Å². The Morgan fingerprint density at radius 2 is 1.86 bits per heavy atom. The zero-order valence-corrected chi connectivity index (χ0v) is 9.02. The minimum atomic E-state index is -2.59. The summed E-state index contributed by atoms with van der Waals surface area (Å²) in [6.07, 6.45) is 2.11. The van der Waals surface area contributed by atoms with Crippen LogP contribution in [0, 0.1) is 0 Å². The number of alkyl halides is 2. The summed E-state index contributed by atoms with van der Waals surface area (Å²) >= 11 is 0. The Kier molecular flexibility index (Phi) is 4.26. The second kappa shape index (κ2) is 5.03. The molecule has 0 aromatic carbocycles. The molecule has 0 bridgehead atoms. The molecule has 2 nitrogen and oxygen atoms in total. The summed E-state index contributed by atoms with van der Waals surface area (Å²) in [5.74, 6) is -2.59. The van der Waals surface area contributed by atoms with E-state index in [4.69, 9.17) is 0 Å². The van der Waals surface area contributed by atoms with Crippen LogP contribution in [0.3, 0.4) is 0 Å². The number of nitrogens with one attached hydrogen (secondary N) is 1. The van der Waals surface area contributed by atoms with Gasteiger partial charge in [-0.15, -0.1) is 0 Å². The Bertz CT molecular complexity index is 166. The van der Waals surface area contributed by atoms with Crippen LogP contribution in [-0.2, 0) is 0 Å². The van der Waals surface area contributed by atoms with Crippen LogP contribution >= 0.6 is 0 Å². The number of halogens is 2. The predicted molar refractivity (Wildman–Crippen MR) is 53.8 cm³/mol. The lowest BCUT2D eigenvalue weighted by molar-refractivity contribution is -0.0286. The van der Waals surface area contributed by atoms with Gasteiger partial charge in [0.15, 0.2) is 0 Å². The quantitative estimate of drug-likeness (QED) is 0.682. The highest BCUT2D eigenvalue weighted by Gasteiger charge is 2.33. The Morgan fingerprint density at radius 3 is 2.29 bits per heavy atom. The van der Waals surface area contributed by atoms with Crippen molar-refractivity contribution < 1.29 is 8.78 Å². The third-order valence-electron chi connectivity index (χ3n) is 2.58. The molecule has 0 saturated heterocycles. The van der Waals surface area contributed by atoms with E-state index >= 15 is 0 Å². The molecular formula is C10H20F2N2. The van der Waals surface area contributed by atoms with Crippen LogP contribution in [0.15, 0.2) is 0 Å². The molecule has 0 heterocycles. The van der Waals surface area contributed by atoms with Crippen molar-refractivity contribution in [1.29, 1.82) is 0 Å². The van der Waals surface area contributed by atoms with E-state index in [-0.39, 0.29) is 13.1 Å². The summed E-state index contributed by atoms with van der Waals surface area (Å²) in [4.78, 5) is 1.76. The van der Waals surface area contributed by atoms with Gasteiger partial charge in [0.1, 0.15) is 0 Å². The van der Waals surface area contributed by atoms with Gasteiger partial charge in [0.05, 0.1) is 13.1 Å². The molecular weight excluding hydrogens is 186 g/mol. The lowest BCUT2D eigenvalue weighted by Gasteiger charge is -2.25. The zero-order valence-electron chi connectivity index (χ0n) is 9.02. The van der Waals surface area contributed by atoms with Crippen molar-refractivity contribution in [3.63, 3.8) is 0 Å². The molecule has 4 heteroatoms. The van der Waals surface area contributed by atoms with Gasteiger partial charge in [0.2, 0.25) is 0 Å². The maximum absolute atomic E-state index is 13.3. The molecule has 1 rings (SSSR count). The summed E-state index contributed by atoms with van der Waals surface area (Å²) < 4.78 is 26.7. The van der Waals surface area contributed by atoms with Crippen molar-refractivity contribution in [3.8, 4) is 0 Å². The Balaban J connectivity index is 2.22. The second-order valence-electron chi connectivity index (χ2n) is 3.97. The molecule has 1 fully saturated rings. The topological polar surface area (TPSA) is 15.3 Å². The SMILES string of the molecule is CCN(CC)CC(F)(F)CNC1CC1. The van der Waals surface area contributed by atoms with Gasteiger partial charge in [-0.1, -0.05) is 13.8 Å². The lowest BCUT2D eigenvalue weighted by Crippen LogP contribution is -2.44. The molecule has 1 N–H and O–H groups in total. The van der Waals surface area contributed by atoms with Crippen LogP contribution < -0.4 is 5.32 Å². The first-order chi connectivity index (χ1) is 6.57. The van der Waals surface area contributed by atoms with Crippen LogP contribution in [0.1, 0.15) is 26.7 Å². The van der Waals surface area contributed by atoms with Gasteiger partial charge in [-0.25, -0.2) is 8.78 Å². The largest absolute Gasteiger partial charge is 0.308 e. The summed E-state index contributed by atoms with van der Waals surface area (Å²) in [7, 11) is 0. The van der Waals surface area contributed by atoms with Gasteiger partial charge >= 0.3 is 0 Å². The maximum atomic E-state index is 13.3. The van der Waals surface area contributed by atoms with Crippen molar-refractivity contribution in [2.45, 2.75) is 38.7 Å². The molecule has 0 spiro atoms. The second-order valence-corrected chi connectivity index (χ2v) is 3.97. The molecule has 14 heavy (non-hydrogen) atoms. The zero-order chi connectivity index (χ0) is 10.6. The Hall–Kier alpha value is -0.220. The van der Waals surface area contributed by atoms with Crippen molar-refractivity contribution in [2.75, 3.05) is 26.2 Å². The minimum Gasteiger partial charge on any atom is -0.308 e. The standard InChI is InChI=1S/C10H20F2N2/c1-3-14(4-2)8-10(11,12)7-13-9-5-6-9/h9,13H,3-8H2,1-2H3. The molecule has 0 amide bonds. The van der Waals surface area contributed by atoms with Crippen LogP contribution in [0.2, 0.25) is 0 Å². The number of hydrogen-bond donors (Lipinski definition) is 1. The molecule has 0 aliphatic heterocycles. The molecule has 1 saturated carbocycles. The van der Waals surface area contributed by atoms with Gasteiger partial charge < -0.3 is 5.32 Å². The summed E-state index contributed by atoms with van der Waals surface area (Å²) in [5.41, 5.74) is 0. The fourth-order valence-corrected chi connectivity index (χ4v) is 1.41. The molecule has 0 aromatic rings.